The maximum atomic E-state index is 13.4. The molecule has 5 heteroatoms. The Labute approximate surface area is 162 Å². The number of benzene rings is 1. The van der Waals surface area contributed by atoms with Crippen molar-refractivity contribution in [1.82, 2.24) is 10.2 Å². The summed E-state index contributed by atoms with van der Waals surface area (Å²) in [4.78, 5) is 29.9. The highest BCUT2D eigenvalue weighted by Crippen LogP contribution is 2.37. The number of hydrogen-bond acceptors (Lipinski definition) is 3. The van der Waals surface area contributed by atoms with Gasteiger partial charge in [0.15, 0.2) is 0 Å². The molecule has 3 aliphatic rings. The second-order valence-electron chi connectivity index (χ2n) is 8.41. The molecule has 0 unspecified atom stereocenters. The van der Waals surface area contributed by atoms with Crippen LogP contribution in [0.2, 0.25) is 0 Å². The molecule has 1 aliphatic carbocycles. The van der Waals surface area contributed by atoms with Gasteiger partial charge in [-0.2, -0.15) is 0 Å². The van der Waals surface area contributed by atoms with Crippen molar-refractivity contribution in [2.45, 2.75) is 62.8 Å². The predicted octanol–water partition coefficient (Wildman–Crippen LogP) is 3.05. The maximum Gasteiger partial charge on any atom is 0.240 e. The lowest BCUT2D eigenvalue weighted by Gasteiger charge is -2.43. The van der Waals surface area contributed by atoms with E-state index in [9.17, 15) is 9.59 Å². The average molecular weight is 370 g/mol. The van der Waals surface area contributed by atoms with E-state index < -0.39 is 0 Å². The van der Waals surface area contributed by atoms with Gasteiger partial charge in [-0.1, -0.05) is 37.5 Å². The Morgan fingerprint density at radius 3 is 2.56 bits per heavy atom. The molecule has 0 radical (unpaired) electrons. The predicted molar refractivity (Wildman–Crippen MR) is 107 cm³/mol. The van der Waals surface area contributed by atoms with Crippen LogP contribution in [0.25, 0.3) is 0 Å². The van der Waals surface area contributed by atoms with Gasteiger partial charge in [-0.15, -0.1) is 0 Å². The molecule has 1 N–H and O–H groups in total. The first-order valence-electron chi connectivity index (χ1n) is 10.5. The summed E-state index contributed by atoms with van der Waals surface area (Å²) in [6.45, 7) is 2.64. The van der Waals surface area contributed by atoms with Crippen LogP contribution in [0, 0.1) is 0 Å². The average Bonchev–Trinajstić information content (AvgIpc) is 3.25. The largest absolute Gasteiger partial charge is 0.354 e. The van der Waals surface area contributed by atoms with Crippen LogP contribution in [0.1, 0.15) is 62.8 Å². The fourth-order valence-electron chi connectivity index (χ4n) is 5.26. The van der Waals surface area contributed by atoms with E-state index in [1.165, 1.54) is 24.8 Å². The normalized spacial score (nSPS) is 25.3. The minimum atomic E-state index is -0.316. The van der Waals surface area contributed by atoms with Gasteiger partial charge in [0.25, 0.3) is 0 Å². The van der Waals surface area contributed by atoms with Crippen LogP contribution >= 0.6 is 0 Å². The van der Waals surface area contributed by atoms with Crippen molar-refractivity contribution in [3.63, 3.8) is 0 Å². The van der Waals surface area contributed by atoms with E-state index in [1.807, 2.05) is 25.2 Å². The molecule has 0 aromatic heterocycles. The van der Waals surface area contributed by atoms with E-state index in [0.29, 0.717) is 13.0 Å². The second kappa shape index (κ2) is 7.63. The van der Waals surface area contributed by atoms with Gasteiger partial charge in [0.05, 0.1) is 0 Å². The van der Waals surface area contributed by atoms with E-state index in [2.05, 4.69) is 16.3 Å². The van der Waals surface area contributed by atoms with E-state index in [1.54, 1.807) is 4.90 Å². The van der Waals surface area contributed by atoms with Crippen molar-refractivity contribution in [3.05, 3.63) is 29.8 Å². The number of fused-ring (bicyclic) bond motifs is 1. The number of amides is 2. The summed E-state index contributed by atoms with van der Waals surface area (Å²) in [7, 11) is 1.83. The molecule has 1 aromatic rings. The standard InChI is InChI=1S/C22H31N3O2/c1-24-19-10-4-3-9-18(19)17(15-20(24)26)16-23-21(27)22(11-5-2-6-12-22)25-13-7-8-14-25/h3-4,9-10,17H,2,5-8,11-16H2,1H3,(H,23,27)/t17-/m1/s1. The molecule has 2 fully saturated rings. The summed E-state index contributed by atoms with van der Waals surface area (Å²) >= 11 is 0. The van der Waals surface area contributed by atoms with Crippen LogP contribution in [0.5, 0.6) is 0 Å². The van der Waals surface area contributed by atoms with Crippen molar-refractivity contribution in [1.29, 1.82) is 0 Å². The zero-order valence-electron chi connectivity index (χ0n) is 16.4. The van der Waals surface area contributed by atoms with Gasteiger partial charge in [-0.05, 0) is 50.4 Å². The summed E-state index contributed by atoms with van der Waals surface area (Å²) in [5, 5.41) is 3.26. The molecule has 1 saturated carbocycles. The Morgan fingerprint density at radius 1 is 1.11 bits per heavy atom. The molecule has 5 nitrogen and oxygen atoms in total. The van der Waals surface area contributed by atoms with Crippen molar-refractivity contribution in [3.8, 4) is 0 Å². The second-order valence-corrected chi connectivity index (χ2v) is 8.41. The first kappa shape index (κ1) is 18.5. The Morgan fingerprint density at radius 2 is 1.81 bits per heavy atom. The first-order chi connectivity index (χ1) is 13.1. The maximum absolute atomic E-state index is 13.4. The number of para-hydroxylation sites is 1. The van der Waals surface area contributed by atoms with Gasteiger partial charge < -0.3 is 10.2 Å². The zero-order valence-corrected chi connectivity index (χ0v) is 16.4. The van der Waals surface area contributed by atoms with Gasteiger partial charge in [0.1, 0.15) is 5.54 Å². The van der Waals surface area contributed by atoms with E-state index in [-0.39, 0.29) is 23.3 Å². The number of hydrogen-bond donors (Lipinski definition) is 1. The molecule has 27 heavy (non-hydrogen) atoms. The lowest BCUT2D eigenvalue weighted by atomic mass is 9.79. The number of rotatable bonds is 4. The molecule has 1 aromatic carbocycles. The molecule has 2 aliphatic heterocycles. The molecular weight excluding hydrogens is 338 g/mol. The molecular formula is C22H31N3O2. The van der Waals surface area contributed by atoms with Crippen LogP contribution in [0.15, 0.2) is 24.3 Å². The monoisotopic (exact) mass is 369 g/mol. The SMILES string of the molecule is CN1C(=O)C[C@H](CNC(=O)C2(N3CCCC3)CCCCC2)c2ccccc21. The van der Waals surface area contributed by atoms with Crippen LogP contribution < -0.4 is 10.2 Å². The van der Waals surface area contributed by atoms with Crippen molar-refractivity contribution in [2.24, 2.45) is 0 Å². The molecule has 2 heterocycles. The first-order valence-corrected chi connectivity index (χ1v) is 10.5. The fraction of sp³-hybridized carbons (Fsp3) is 0.636. The Hall–Kier alpha value is -1.88. The number of nitrogens with one attached hydrogen (secondary N) is 1. The quantitative estimate of drug-likeness (QED) is 0.887. The summed E-state index contributed by atoms with van der Waals surface area (Å²) in [6.07, 6.45) is 8.32. The summed E-state index contributed by atoms with van der Waals surface area (Å²) in [5.41, 5.74) is 1.82. The van der Waals surface area contributed by atoms with Gasteiger partial charge in [0.2, 0.25) is 11.8 Å². The highest BCUT2D eigenvalue weighted by Gasteiger charge is 2.45. The van der Waals surface area contributed by atoms with E-state index in [0.717, 1.165) is 44.5 Å². The van der Waals surface area contributed by atoms with Crippen molar-refractivity contribution >= 4 is 17.5 Å². The smallest absolute Gasteiger partial charge is 0.240 e. The van der Waals surface area contributed by atoms with Crippen LogP contribution in [0.3, 0.4) is 0 Å². The molecule has 146 valence electrons. The number of likely N-dealkylation sites (tertiary alicyclic amines) is 1. The molecule has 4 rings (SSSR count). The lowest BCUT2D eigenvalue weighted by molar-refractivity contribution is -0.135. The summed E-state index contributed by atoms with van der Waals surface area (Å²) in [5.74, 6) is 0.376. The molecule has 1 atom stereocenters. The topological polar surface area (TPSA) is 52.7 Å². The lowest BCUT2D eigenvalue weighted by Crippen LogP contribution is -2.59. The van der Waals surface area contributed by atoms with Crippen molar-refractivity contribution < 1.29 is 9.59 Å². The van der Waals surface area contributed by atoms with Crippen LogP contribution in [-0.4, -0.2) is 48.9 Å². The Kier molecular flexibility index (Phi) is 5.22. The van der Waals surface area contributed by atoms with Crippen LogP contribution in [-0.2, 0) is 9.59 Å². The summed E-state index contributed by atoms with van der Waals surface area (Å²) < 4.78 is 0. The van der Waals surface area contributed by atoms with Gasteiger partial charge >= 0.3 is 0 Å². The molecule has 0 spiro atoms. The molecule has 0 bridgehead atoms. The Bertz CT molecular complexity index is 705. The third-order valence-corrected chi connectivity index (χ3v) is 6.86. The highest BCUT2D eigenvalue weighted by molar-refractivity contribution is 5.96. The van der Waals surface area contributed by atoms with Crippen LogP contribution in [0.4, 0.5) is 5.69 Å². The summed E-state index contributed by atoms with van der Waals surface area (Å²) in [6, 6.07) is 8.07. The van der Waals surface area contributed by atoms with Gasteiger partial charge in [0, 0.05) is 31.6 Å². The van der Waals surface area contributed by atoms with E-state index in [4.69, 9.17) is 0 Å². The third-order valence-electron chi connectivity index (χ3n) is 6.86. The number of nitrogens with zero attached hydrogens (tertiary/aromatic N) is 2. The number of anilines is 1. The zero-order chi connectivity index (χ0) is 18.9. The van der Waals surface area contributed by atoms with Crippen molar-refractivity contribution in [2.75, 3.05) is 31.6 Å². The van der Waals surface area contributed by atoms with Gasteiger partial charge in [-0.25, -0.2) is 0 Å². The fourth-order valence-corrected chi connectivity index (χ4v) is 5.26. The van der Waals surface area contributed by atoms with Gasteiger partial charge in [-0.3, -0.25) is 14.5 Å². The number of carbonyl (C=O) groups excluding carboxylic acids is 2. The molecule has 2 amide bonds. The minimum absolute atomic E-state index is 0.0630. The number of carbonyl (C=O) groups is 2. The minimum Gasteiger partial charge on any atom is -0.354 e. The highest BCUT2D eigenvalue weighted by atomic mass is 16.2. The Balaban J connectivity index is 1.49. The third kappa shape index (κ3) is 3.38. The van der Waals surface area contributed by atoms with E-state index >= 15 is 0 Å². The molecule has 1 saturated heterocycles.